The Morgan fingerprint density at radius 1 is 1.25 bits per heavy atom. The molecule has 1 N–H and O–H groups in total. The minimum atomic E-state index is 0.126. The van der Waals surface area contributed by atoms with Gasteiger partial charge in [0.1, 0.15) is 0 Å². The lowest BCUT2D eigenvalue weighted by Crippen LogP contribution is -2.24. The molecule has 1 aromatic carbocycles. The van der Waals surface area contributed by atoms with E-state index in [1.807, 2.05) is 12.1 Å². The predicted molar refractivity (Wildman–Crippen MR) is 45.9 cm³/mol. The molecule has 0 amide bonds. The molecule has 2 heteroatoms. The van der Waals surface area contributed by atoms with E-state index in [-0.39, 0.29) is 6.61 Å². The molecule has 0 saturated carbocycles. The third-order valence-corrected chi connectivity index (χ3v) is 2.27. The van der Waals surface area contributed by atoms with Crippen LogP contribution in [0.1, 0.15) is 17.0 Å². The Labute approximate surface area is 71.8 Å². The maximum Gasteiger partial charge on any atom is 0.0681 e. The molecule has 1 heterocycles. The molecule has 2 rings (SSSR count). The summed E-state index contributed by atoms with van der Waals surface area (Å²) in [5.41, 5.74) is 2.29. The average molecular weight is 164 g/mol. The van der Waals surface area contributed by atoms with Crippen LogP contribution in [0.25, 0.3) is 0 Å². The number of aliphatic hydroxyl groups is 1. The van der Waals surface area contributed by atoms with Gasteiger partial charge in [-0.1, -0.05) is 24.3 Å². The Bertz CT molecular complexity index is 249. The summed E-state index contributed by atoms with van der Waals surface area (Å²) in [6, 6.07) is 8.07. The van der Waals surface area contributed by atoms with Crippen LogP contribution in [-0.2, 0) is 11.3 Å². The summed E-state index contributed by atoms with van der Waals surface area (Å²) >= 11 is 0. The molecule has 12 heavy (non-hydrogen) atoms. The molecule has 0 aliphatic carbocycles. The fourth-order valence-electron chi connectivity index (χ4n) is 1.32. The van der Waals surface area contributed by atoms with E-state index in [0.29, 0.717) is 5.92 Å². The van der Waals surface area contributed by atoms with Crippen molar-refractivity contribution in [3.63, 3.8) is 0 Å². The van der Waals surface area contributed by atoms with Crippen LogP contribution in [0, 0.1) is 0 Å². The Kier molecular flexibility index (Phi) is 2.11. The van der Waals surface area contributed by atoms with E-state index in [1.165, 1.54) is 5.56 Å². The van der Waals surface area contributed by atoms with Crippen molar-refractivity contribution in [2.24, 2.45) is 0 Å². The van der Waals surface area contributed by atoms with Gasteiger partial charge in [0.25, 0.3) is 0 Å². The van der Waals surface area contributed by atoms with Crippen molar-refractivity contribution in [2.45, 2.75) is 12.5 Å². The molecular formula is C10H12O2. The van der Waals surface area contributed by atoms with Gasteiger partial charge < -0.3 is 9.84 Å². The highest BCUT2D eigenvalue weighted by Gasteiger charge is 2.19. The van der Waals surface area contributed by atoms with Gasteiger partial charge in [0.15, 0.2) is 0 Å². The van der Waals surface area contributed by atoms with Crippen molar-refractivity contribution in [2.75, 3.05) is 13.2 Å². The molecule has 0 aromatic heterocycles. The van der Waals surface area contributed by atoms with Crippen LogP contribution in [0.5, 0.6) is 0 Å². The monoisotopic (exact) mass is 164 g/mol. The van der Waals surface area contributed by atoms with Gasteiger partial charge >= 0.3 is 0 Å². The standard InChI is InChI=1S/C10H12O2/c11-5-8-1-3-9(4-2-8)10-6-12-7-10/h1-4,10-11H,5-7H2. The van der Waals surface area contributed by atoms with E-state index in [2.05, 4.69) is 12.1 Å². The summed E-state index contributed by atoms with van der Waals surface area (Å²) in [6.07, 6.45) is 0. The first-order valence-electron chi connectivity index (χ1n) is 4.17. The highest BCUT2D eigenvalue weighted by atomic mass is 16.5. The number of ether oxygens (including phenoxy) is 1. The SMILES string of the molecule is OCc1ccc(C2COC2)cc1. The molecule has 0 unspecified atom stereocenters. The molecular weight excluding hydrogens is 152 g/mol. The van der Waals surface area contributed by atoms with Crippen LogP contribution in [0.2, 0.25) is 0 Å². The third-order valence-electron chi connectivity index (χ3n) is 2.27. The first-order chi connectivity index (χ1) is 5.90. The lowest BCUT2D eigenvalue weighted by Gasteiger charge is -2.26. The topological polar surface area (TPSA) is 29.5 Å². The molecule has 0 bridgehead atoms. The molecule has 1 fully saturated rings. The Balaban J connectivity index is 2.13. The number of hydrogen-bond donors (Lipinski definition) is 1. The smallest absolute Gasteiger partial charge is 0.0681 e. The molecule has 64 valence electrons. The zero-order valence-corrected chi connectivity index (χ0v) is 6.86. The molecule has 1 aliphatic heterocycles. The number of rotatable bonds is 2. The van der Waals surface area contributed by atoms with E-state index in [1.54, 1.807) is 0 Å². The minimum Gasteiger partial charge on any atom is -0.392 e. The van der Waals surface area contributed by atoms with E-state index in [0.717, 1.165) is 18.8 Å². The van der Waals surface area contributed by atoms with Crippen molar-refractivity contribution in [1.29, 1.82) is 0 Å². The fourth-order valence-corrected chi connectivity index (χ4v) is 1.32. The maximum absolute atomic E-state index is 8.81. The van der Waals surface area contributed by atoms with Gasteiger partial charge in [-0.15, -0.1) is 0 Å². The first-order valence-corrected chi connectivity index (χ1v) is 4.17. The van der Waals surface area contributed by atoms with Crippen LogP contribution in [-0.4, -0.2) is 18.3 Å². The summed E-state index contributed by atoms with van der Waals surface area (Å²) in [4.78, 5) is 0. The number of aliphatic hydroxyl groups excluding tert-OH is 1. The van der Waals surface area contributed by atoms with Crippen molar-refractivity contribution >= 4 is 0 Å². The summed E-state index contributed by atoms with van der Waals surface area (Å²) in [6.45, 7) is 1.82. The second-order valence-corrected chi connectivity index (χ2v) is 3.13. The van der Waals surface area contributed by atoms with Gasteiger partial charge in [-0.2, -0.15) is 0 Å². The van der Waals surface area contributed by atoms with Crippen LogP contribution >= 0.6 is 0 Å². The van der Waals surface area contributed by atoms with Gasteiger partial charge in [0, 0.05) is 5.92 Å². The maximum atomic E-state index is 8.81. The number of hydrogen-bond acceptors (Lipinski definition) is 2. The van der Waals surface area contributed by atoms with E-state index >= 15 is 0 Å². The average Bonchev–Trinajstić information content (AvgIpc) is 2.03. The van der Waals surface area contributed by atoms with Gasteiger partial charge in [0.05, 0.1) is 19.8 Å². The van der Waals surface area contributed by atoms with Crippen molar-refractivity contribution in [3.8, 4) is 0 Å². The highest BCUT2D eigenvalue weighted by molar-refractivity contribution is 5.26. The molecule has 1 aromatic rings. The summed E-state index contributed by atoms with van der Waals surface area (Å²) < 4.78 is 5.10. The zero-order valence-electron chi connectivity index (χ0n) is 6.86. The predicted octanol–water partition coefficient (Wildman–Crippen LogP) is 1.29. The fraction of sp³-hybridized carbons (Fsp3) is 0.400. The molecule has 0 spiro atoms. The zero-order chi connectivity index (χ0) is 8.39. The Morgan fingerprint density at radius 3 is 2.33 bits per heavy atom. The number of benzene rings is 1. The van der Waals surface area contributed by atoms with Crippen LogP contribution in [0.4, 0.5) is 0 Å². The molecule has 2 nitrogen and oxygen atoms in total. The lowest BCUT2D eigenvalue weighted by molar-refractivity contribution is 0.00841. The summed E-state index contributed by atoms with van der Waals surface area (Å²) in [7, 11) is 0. The van der Waals surface area contributed by atoms with E-state index < -0.39 is 0 Å². The normalized spacial score (nSPS) is 17.4. The van der Waals surface area contributed by atoms with Crippen molar-refractivity contribution in [3.05, 3.63) is 35.4 Å². The van der Waals surface area contributed by atoms with Gasteiger partial charge in [-0.05, 0) is 11.1 Å². The Morgan fingerprint density at radius 2 is 1.92 bits per heavy atom. The summed E-state index contributed by atoms with van der Waals surface area (Å²) in [5.74, 6) is 0.581. The van der Waals surface area contributed by atoms with Gasteiger partial charge in [0.2, 0.25) is 0 Å². The second-order valence-electron chi connectivity index (χ2n) is 3.13. The lowest BCUT2D eigenvalue weighted by atomic mass is 9.97. The highest BCUT2D eigenvalue weighted by Crippen LogP contribution is 2.23. The van der Waals surface area contributed by atoms with Gasteiger partial charge in [-0.3, -0.25) is 0 Å². The van der Waals surface area contributed by atoms with Crippen LogP contribution in [0.15, 0.2) is 24.3 Å². The van der Waals surface area contributed by atoms with Crippen molar-refractivity contribution < 1.29 is 9.84 Å². The third kappa shape index (κ3) is 1.36. The second kappa shape index (κ2) is 3.25. The first kappa shape index (κ1) is 7.77. The quantitative estimate of drug-likeness (QED) is 0.713. The largest absolute Gasteiger partial charge is 0.392 e. The van der Waals surface area contributed by atoms with Crippen LogP contribution < -0.4 is 0 Å². The van der Waals surface area contributed by atoms with Gasteiger partial charge in [-0.25, -0.2) is 0 Å². The molecule has 1 aliphatic rings. The Hall–Kier alpha value is -0.860. The minimum absolute atomic E-state index is 0.126. The molecule has 1 saturated heterocycles. The van der Waals surface area contributed by atoms with E-state index in [4.69, 9.17) is 9.84 Å². The van der Waals surface area contributed by atoms with E-state index in [9.17, 15) is 0 Å². The summed E-state index contributed by atoms with van der Waals surface area (Å²) in [5, 5.41) is 8.81. The molecule has 0 radical (unpaired) electrons. The van der Waals surface area contributed by atoms with Crippen LogP contribution in [0.3, 0.4) is 0 Å². The van der Waals surface area contributed by atoms with Crippen molar-refractivity contribution in [1.82, 2.24) is 0 Å². The molecule has 0 atom stereocenters.